The van der Waals surface area contributed by atoms with E-state index in [1.54, 1.807) is 6.92 Å². The van der Waals surface area contributed by atoms with Crippen LogP contribution in [0.4, 0.5) is 0 Å². The molecule has 1 fully saturated rings. The molecule has 0 N–H and O–H groups in total. The molecule has 3 rings (SSSR count). The molecule has 1 saturated carbocycles. The van der Waals surface area contributed by atoms with E-state index in [-0.39, 0.29) is 11.6 Å². The van der Waals surface area contributed by atoms with Crippen molar-refractivity contribution in [1.82, 2.24) is 9.97 Å². The number of benzene rings is 1. The van der Waals surface area contributed by atoms with Crippen molar-refractivity contribution in [3.05, 3.63) is 53.9 Å². The molecule has 1 aromatic heterocycles. The minimum absolute atomic E-state index is 0.282. The van der Waals surface area contributed by atoms with E-state index in [0.717, 1.165) is 18.4 Å². The Morgan fingerprint density at radius 3 is 2.43 bits per heavy atom. The molecule has 0 aliphatic heterocycles. The summed E-state index contributed by atoms with van der Waals surface area (Å²) in [5.74, 6) is -0.423. The monoisotopic (exact) mass is 284 g/mol. The van der Waals surface area contributed by atoms with Gasteiger partial charge in [0, 0.05) is 12.4 Å². The Hall–Kier alpha value is -2.43. The Morgan fingerprint density at radius 2 is 1.86 bits per heavy atom. The maximum absolute atomic E-state index is 11.5. The lowest BCUT2D eigenvalue weighted by atomic mass is 10.1. The van der Waals surface area contributed by atoms with Crippen LogP contribution in [0.5, 0.6) is 6.01 Å². The number of nitrogens with zero attached hydrogens (tertiary/aromatic N) is 2. The second-order valence-corrected chi connectivity index (χ2v) is 4.94. The summed E-state index contributed by atoms with van der Waals surface area (Å²) >= 11 is 0. The average molecular weight is 284 g/mol. The summed E-state index contributed by atoms with van der Waals surface area (Å²) in [5.41, 5.74) is 1.14. The topological polar surface area (TPSA) is 61.3 Å². The summed E-state index contributed by atoms with van der Waals surface area (Å²) in [6, 6.07) is 10.3. The summed E-state index contributed by atoms with van der Waals surface area (Å²) in [6.45, 7) is 2.08. The van der Waals surface area contributed by atoms with Crippen molar-refractivity contribution in [1.29, 1.82) is 0 Å². The van der Waals surface area contributed by atoms with E-state index >= 15 is 0 Å². The Kier molecular flexibility index (Phi) is 3.56. The number of rotatable bonds is 5. The maximum Gasteiger partial charge on any atom is 0.341 e. The van der Waals surface area contributed by atoms with Crippen molar-refractivity contribution in [3.63, 3.8) is 0 Å². The van der Waals surface area contributed by atoms with Crippen LogP contribution in [0.3, 0.4) is 0 Å². The zero-order valence-electron chi connectivity index (χ0n) is 11.8. The lowest BCUT2D eigenvalue weighted by Crippen LogP contribution is -2.17. The van der Waals surface area contributed by atoms with E-state index in [4.69, 9.17) is 9.47 Å². The molecule has 0 unspecified atom stereocenters. The summed E-state index contributed by atoms with van der Waals surface area (Å²) in [6.07, 6.45) is 4.75. The molecule has 1 aliphatic rings. The van der Waals surface area contributed by atoms with E-state index in [1.807, 2.05) is 30.3 Å². The van der Waals surface area contributed by atoms with Gasteiger partial charge in [0.15, 0.2) is 0 Å². The second-order valence-electron chi connectivity index (χ2n) is 4.94. The Labute approximate surface area is 123 Å². The van der Waals surface area contributed by atoms with Crippen LogP contribution >= 0.6 is 0 Å². The molecule has 0 atom stereocenters. The zero-order valence-corrected chi connectivity index (χ0v) is 11.8. The van der Waals surface area contributed by atoms with Crippen LogP contribution in [0.2, 0.25) is 0 Å². The van der Waals surface area contributed by atoms with E-state index in [1.165, 1.54) is 12.4 Å². The van der Waals surface area contributed by atoms with Gasteiger partial charge in [-0.05, 0) is 25.3 Å². The summed E-state index contributed by atoms with van der Waals surface area (Å²) < 4.78 is 10.8. The predicted octanol–water partition coefficient (Wildman–Crippen LogP) is 2.72. The second kappa shape index (κ2) is 5.52. The van der Waals surface area contributed by atoms with Crippen LogP contribution in [-0.2, 0) is 10.3 Å². The van der Waals surface area contributed by atoms with Crippen LogP contribution in [0.25, 0.3) is 0 Å². The van der Waals surface area contributed by atoms with Crippen LogP contribution in [-0.4, -0.2) is 22.5 Å². The van der Waals surface area contributed by atoms with Gasteiger partial charge in [0.2, 0.25) is 0 Å². The summed E-state index contributed by atoms with van der Waals surface area (Å²) in [7, 11) is 0. The van der Waals surface area contributed by atoms with Crippen LogP contribution in [0.1, 0.15) is 35.7 Å². The van der Waals surface area contributed by atoms with Gasteiger partial charge in [-0.25, -0.2) is 14.8 Å². The fourth-order valence-corrected chi connectivity index (χ4v) is 2.17. The molecule has 0 saturated heterocycles. The van der Waals surface area contributed by atoms with Crippen molar-refractivity contribution < 1.29 is 14.3 Å². The molecule has 5 nitrogen and oxygen atoms in total. The largest absolute Gasteiger partial charge is 0.462 e. The molecule has 0 spiro atoms. The quantitative estimate of drug-likeness (QED) is 0.790. The fourth-order valence-electron chi connectivity index (χ4n) is 2.17. The standard InChI is InChI=1S/C16H16N2O3/c1-2-20-14(19)12-10-17-15(18-11-12)21-16(8-9-16)13-6-4-3-5-7-13/h3-7,10-11H,2,8-9H2,1H3. The lowest BCUT2D eigenvalue weighted by molar-refractivity contribution is 0.0525. The average Bonchev–Trinajstić information content (AvgIpc) is 3.30. The Morgan fingerprint density at radius 1 is 1.19 bits per heavy atom. The van der Waals surface area contributed by atoms with Crippen molar-refractivity contribution >= 4 is 5.97 Å². The van der Waals surface area contributed by atoms with Crippen molar-refractivity contribution in [2.75, 3.05) is 6.61 Å². The smallest absolute Gasteiger partial charge is 0.341 e. The third-order valence-electron chi connectivity index (χ3n) is 3.43. The van der Waals surface area contributed by atoms with Gasteiger partial charge in [0.05, 0.1) is 12.2 Å². The number of carbonyl (C=O) groups excluding carboxylic acids is 1. The molecule has 108 valence electrons. The highest BCUT2D eigenvalue weighted by molar-refractivity contribution is 5.88. The minimum atomic E-state index is -0.423. The summed E-state index contributed by atoms with van der Waals surface area (Å²) in [5, 5.41) is 0. The van der Waals surface area contributed by atoms with Crippen LogP contribution in [0.15, 0.2) is 42.7 Å². The Balaban J connectivity index is 1.73. The highest BCUT2D eigenvalue weighted by Gasteiger charge is 2.47. The molecule has 0 radical (unpaired) electrons. The lowest BCUT2D eigenvalue weighted by Gasteiger charge is -2.16. The minimum Gasteiger partial charge on any atom is -0.462 e. The van der Waals surface area contributed by atoms with Crippen LogP contribution < -0.4 is 4.74 Å². The van der Waals surface area contributed by atoms with E-state index < -0.39 is 5.97 Å². The number of carbonyl (C=O) groups is 1. The van der Waals surface area contributed by atoms with Gasteiger partial charge in [0.25, 0.3) is 0 Å². The molecule has 0 amide bonds. The van der Waals surface area contributed by atoms with Crippen molar-refractivity contribution in [3.8, 4) is 6.01 Å². The molecule has 1 aliphatic carbocycles. The molecule has 5 heteroatoms. The van der Waals surface area contributed by atoms with Gasteiger partial charge in [-0.15, -0.1) is 0 Å². The first-order valence-corrected chi connectivity index (χ1v) is 6.97. The number of ether oxygens (including phenoxy) is 2. The molecule has 1 heterocycles. The summed E-state index contributed by atoms with van der Waals surface area (Å²) in [4.78, 5) is 19.7. The highest BCUT2D eigenvalue weighted by Crippen LogP contribution is 2.48. The normalized spacial score (nSPS) is 15.3. The van der Waals surface area contributed by atoms with Crippen LogP contribution in [0, 0.1) is 0 Å². The number of hydrogen-bond acceptors (Lipinski definition) is 5. The van der Waals surface area contributed by atoms with Gasteiger partial charge in [-0.3, -0.25) is 0 Å². The SMILES string of the molecule is CCOC(=O)c1cnc(OC2(c3ccccc3)CC2)nc1. The van der Waals surface area contributed by atoms with Gasteiger partial charge < -0.3 is 9.47 Å². The number of esters is 1. The van der Waals surface area contributed by atoms with Gasteiger partial charge in [0.1, 0.15) is 5.60 Å². The maximum atomic E-state index is 11.5. The molecule has 0 bridgehead atoms. The highest BCUT2D eigenvalue weighted by atomic mass is 16.5. The third-order valence-corrected chi connectivity index (χ3v) is 3.43. The predicted molar refractivity (Wildman–Crippen MR) is 76.0 cm³/mol. The van der Waals surface area contributed by atoms with E-state index in [9.17, 15) is 4.79 Å². The van der Waals surface area contributed by atoms with E-state index in [0.29, 0.717) is 12.2 Å². The number of hydrogen-bond donors (Lipinski definition) is 0. The first kappa shape index (κ1) is 13.5. The van der Waals surface area contributed by atoms with Crippen molar-refractivity contribution in [2.24, 2.45) is 0 Å². The van der Waals surface area contributed by atoms with E-state index in [2.05, 4.69) is 9.97 Å². The number of aromatic nitrogens is 2. The third kappa shape index (κ3) is 2.86. The zero-order chi connectivity index (χ0) is 14.7. The first-order valence-electron chi connectivity index (χ1n) is 6.97. The van der Waals surface area contributed by atoms with Crippen molar-refractivity contribution in [2.45, 2.75) is 25.4 Å². The fraction of sp³-hybridized carbons (Fsp3) is 0.312. The molecule has 21 heavy (non-hydrogen) atoms. The molecular weight excluding hydrogens is 268 g/mol. The molecule has 2 aromatic rings. The van der Waals surface area contributed by atoms with Gasteiger partial charge >= 0.3 is 12.0 Å². The first-order chi connectivity index (χ1) is 10.2. The molecular formula is C16H16N2O3. The Bertz CT molecular complexity index is 622. The molecule has 1 aromatic carbocycles. The van der Waals surface area contributed by atoms with Gasteiger partial charge in [-0.1, -0.05) is 30.3 Å². The van der Waals surface area contributed by atoms with Gasteiger partial charge in [-0.2, -0.15) is 0 Å².